The summed E-state index contributed by atoms with van der Waals surface area (Å²) in [6.45, 7) is 0.357. The van der Waals surface area contributed by atoms with Crippen molar-refractivity contribution in [3.8, 4) is 0 Å². The molecular formula is C9H9BrF3N3O. The van der Waals surface area contributed by atoms with Crippen molar-refractivity contribution in [3.63, 3.8) is 0 Å². The molecule has 1 atom stereocenters. The summed E-state index contributed by atoms with van der Waals surface area (Å²) in [5, 5.41) is 3.37. The Labute approximate surface area is 104 Å². The number of nitrogens with zero attached hydrogens (tertiary/aromatic N) is 3. The molecule has 1 aliphatic rings. The second-order valence-electron chi connectivity index (χ2n) is 3.81. The van der Waals surface area contributed by atoms with Gasteiger partial charge in [0.05, 0.1) is 0 Å². The molecule has 1 amide bonds. The lowest BCUT2D eigenvalue weighted by Gasteiger charge is -2.14. The van der Waals surface area contributed by atoms with Crippen LogP contribution in [0, 0.1) is 0 Å². The second kappa shape index (κ2) is 4.01. The van der Waals surface area contributed by atoms with E-state index in [-0.39, 0.29) is 23.0 Å². The summed E-state index contributed by atoms with van der Waals surface area (Å²) in [6, 6.07) is 0.892. The molecule has 4 nitrogen and oxygen atoms in total. The van der Waals surface area contributed by atoms with Gasteiger partial charge in [-0.3, -0.25) is 14.4 Å². The van der Waals surface area contributed by atoms with Gasteiger partial charge in [-0.2, -0.15) is 18.3 Å². The zero-order valence-corrected chi connectivity index (χ0v) is 10.4. The SMILES string of the molecule is Cn1nc(C(F)(F)F)cc1N1CC(Br)CC1=O. The Balaban J connectivity index is 2.34. The Kier molecular flexibility index (Phi) is 2.92. The predicted molar refractivity (Wildman–Crippen MR) is 57.9 cm³/mol. The Bertz CT molecular complexity index is 457. The lowest BCUT2D eigenvalue weighted by Crippen LogP contribution is -2.26. The van der Waals surface area contributed by atoms with Crippen molar-refractivity contribution in [3.05, 3.63) is 11.8 Å². The Morgan fingerprint density at radius 3 is 2.59 bits per heavy atom. The van der Waals surface area contributed by atoms with Crippen molar-refractivity contribution in [2.75, 3.05) is 11.4 Å². The Morgan fingerprint density at radius 1 is 1.53 bits per heavy atom. The molecule has 1 aromatic heterocycles. The number of hydrogen-bond acceptors (Lipinski definition) is 2. The summed E-state index contributed by atoms with van der Waals surface area (Å²) < 4.78 is 38.4. The molecule has 0 aromatic carbocycles. The zero-order chi connectivity index (χ0) is 12.8. The van der Waals surface area contributed by atoms with E-state index in [0.29, 0.717) is 6.54 Å². The summed E-state index contributed by atoms with van der Waals surface area (Å²) in [6.07, 6.45) is -4.21. The average molecular weight is 312 g/mol. The lowest BCUT2D eigenvalue weighted by atomic mass is 10.4. The molecule has 94 valence electrons. The molecule has 8 heteroatoms. The van der Waals surface area contributed by atoms with E-state index in [1.165, 1.54) is 11.9 Å². The van der Waals surface area contributed by atoms with E-state index >= 15 is 0 Å². The monoisotopic (exact) mass is 311 g/mol. The molecule has 0 radical (unpaired) electrons. The van der Waals surface area contributed by atoms with Crippen LogP contribution in [-0.4, -0.2) is 27.1 Å². The number of amides is 1. The Morgan fingerprint density at radius 2 is 2.18 bits per heavy atom. The lowest BCUT2D eigenvalue weighted by molar-refractivity contribution is -0.141. The quantitative estimate of drug-likeness (QED) is 0.743. The van der Waals surface area contributed by atoms with Crippen LogP contribution in [0.5, 0.6) is 0 Å². The molecule has 2 rings (SSSR count). The van der Waals surface area contributed by atoms with Crippen molar-refractivity contribution in [2.45, 2.75) is 17.4 Å². The van der Waals surface area contributed by atoms with E-state index < -0.39 is 11.9 Å². The van der Waals surface area contributed by atoms with Crippen molar-refractivity contribution < 1.29 is 18.0 Å². The highest BCUT2D eigenvalue weighted by Crippen LogP contribution is 2.32. The van der Waals surface area contributed by atoms with E-state index in [9.17, 15) is 18.0 Å². The number of rotatable bonds is 1. The number of aryl methyl sites for hydroxylation is 1. The minimum Gasteiger partial charge on any atom is -0.296 e. The summed E-state index contributed by atoms with van der Waals surface area (Å²) in [5.41, 5.74) is -0.985. The maximum atomic E-state index is 12.5. The Hall–Kier alpha value is -1.05. The molecule has 1 aliphatic heterocycles. The van der Waals surface area contributed by atoms with Gasteiger partial charge in [-0.05, 0) is 0 Å². The van der Waals surface area contributed by atoms with Gasteiger partial charge in [-0.1, -0.05) is 15.9 Å². The maximum Gasteiger partial charge on any atom is 0.435 e. The van der Waals surface area contributed by atoms with Crippen LogP contribution in [0.3, 0.4) is 0 Å². The number of hydrogen-bond donors (Lipinski definition) is 0. The fraction of sp³-hybridized carbons (Fsp3) is 0.556. The van der Waals surface area contributed by atoms with Crippen LogP contribution >= 0.6 is 15.9 Å². The zero-order valence-electron chi connectivity index (χ0n) is 8.83. The summed E-state index contributed by atoms with van der Waals surface area (Å²) >= 11 is 3.27. The first-order chi connectivity index (χ1) is 7.79. The summed E-state index contributed by atoms with van der Waals surface area (Å²) in [7, 11) is 1.39. The summed E-state index contributed by atoms with van der Waals surface area (Å²) in [4.78, 5) is 12.8. The summed E-state index contributed by atoms with van der Waals surface area (Å²) in [5.74, 6) is -0.0344. The van der Waals surface area contributed by atoms with Crippen LogP contribution in [0.25, 0.3) is 0 Å². The van der Waals surface area contributed by atoms with E-state index in [0.717, 1.165) is 10.7 Å². The van der Waals surface area contributed by atoms with Gasteiger partial charge in [0.25, 0.3) is 0 Å². The molecule has 0 saturated carbocycles. The van der Waals surface area contributed by atoms with Gasteiger partial charge in [-0.25, -0.2) is 0 Å². The number of alkyl halides is 4. The van der Waals surface area contributed by atoms with E-state index in [2.05, 4.69) is 21.0 Å². The molecule has 0 bridgehead atoms. The topological polar surface area (TPSA) is 38.1 Å². The third-order valence-corrected chi connectivity index (χ3v) is 3.11. The van der Waals surface area contributed by atoms with Crippen LogP contribution in [0.2, 0.25) is 0 Å². The van der Waals surface area contributed by atoms with Crippen LogP contribution in [0.15, 0.2) is 6.07 Å². The maximum absolute atomic E-state index is 12.5. The van der Waals surface area contributed by atoms with Crippen LogP contribution < -0.4 is 4.90 Å². The predicted octanol–water partition coefficient (Wildman–Crippen LogP) is 1.94. The van der Waals surface area contributed by atoms with Crippen molar-refractivity contribution in [2.24, 2.45) is 7.05 Å². The third kappa shape index (κ3) is 2.31. The van der Waals surface area contributed by atoms with E-state index in [1.807, 2.05) is 0 Å². The van der Waals surface area contributed by atoms with Crippen molar-refractivity contribution in [1.82, 2.24) is 9.78 Å². The average Bonchev–Trinajstić information content (AvgIpc) is 2.68. The molecule has 2 heterocycles. The van der Waals surface area contributed by atoms with Crippen LogP contribution in [0.1, 0.15) is 12.1 Å². The number of carbonyl (C=O) groups is 1. The fourth-order valence-electron chi connectivity index (χ4n) is 1.73. The van der Waals surface area contributed by atoms with E-state index in [1.54, 1.807) is 0 Å². The van der Waals surface area contributed by atoms with Gasteiger partial charge >= 0.3 is 6.18 Å². The number of anilines is 1. The first-order valence-corrected chi connectivity index (χ1v) is 5.76. The first-order valence-electron chi connectivity index (χ1n) is 4.84. The normalized spacial score (nSPS) is 21.4. The molecule has 1 fully saturated rings. The van der Waals surface area contributed by atoms with Crippen LogP contribution in [-0.2, 0) is 18.0 Å². The van der Waals surface area contributed by atoms with Gasteiger partial charge in [0, 0.05) is 30.9 Å². The van der Waals surface area contributed by atoms with Gasteiger partial charge < -0.3 is 0 Å². The first kappa shape index (κ1) is 12.4. The minimum atomic E-state index is -4.49. The smallest absolute Gasteiger partial charge is 0.296 e. The molecule has 0 aliphatic carbocycles. The molecule has 0 N–H and O–H groups in total. The van der Waals surface area contributed by atoms with Gasteiger partial charge in [0.2, 0.25) is 5.91 Å². The second-order valence-corrected chi connectivity index (χ2v) is 5.11. The number of aromatic nitrogens is 2. The number of carbonyl (C=O) groups excluding carboxylic acids is 1. The molecule has 1 saturated heterocycles. The highest BCUT2D eigenvalue weighted by atomic mass is 79.9. The minimum absolute atomic E-state index is 0.0285. The standard InChI is InChI=1S/C9H9BrF3N3O/c1-15-7(3-6(14-15)9(11,12)13)16-4-5(10)2-8(16)17/h3,5H,2,4H2,1H3. The van der Waals surface area contributed by atoms with Crippen molar-refractivity contribution >= 4 is 27.7 Å². The van der Waals surface area contributed by atoms with Crippen LogP contribution in [0.4, 0.5) is 19.0 Å². The number of halogens is 4. The molecule has 0 spiro atoms. The third-order valence-electron chi connectivity index (χ3n) is 2.50. The molecule has 17 heavy (non-hydrogen) atoms. The van der Waals surface area contributed by atoms with Gasteiger partial charge in [-0.15, -0.1) is 0 Å². The van der Waals surface area contributed by atoms with Gasteiger partial charge in [0.15, 0.2) is 5.69 Å². The molecular weight excluding hydrogens is 303 g/mol. The van der Waals surface area contributed by atoms with Crippen molar-refractivity contribution in [1.29, 1.82) is 0 Å². The molecule has 1 aromatic rings. The highest BCUT2D eigenvalue weighted by Gasteiger charge is 2.37. The van der Waals surface area contributed by atoms with E-state index in [4.69, 9.17) is 0 Å². The fourth-order valence-corrected chi connectivity index (χ4v) is 2.30. The molecule has 1 unspecified atom stereocenters. The largest absolute Gasteiger partial charge is 0.435 e. The van der Waals surface area contributed by atoms with Gasteiger partial charge in [0.1, 0.15) is 5.82 Å². The highest BCUT2D eigenvalue weighted by molar-refractivity contribution is 9.09.